The Bertz CT molecular complexity index is 573. The molecule has 114 valence electrons. The molecule has 0 aromatic heterocycles. The molecule has 21 heavy (non-hydrogen) atoms. The average Bonchev–Trinajstić information content (AvgIpc) is 2.74. The molecular formula is C15H21N3O3. The first kappa shape index (κ1) is 15.5. The summed E-state index contributed by atoms with van der Waals surface area (Å²) in [4.78, 5) is 23.6. The van der Waals surface area contributed by atoms with E-state index in [0.29, 0.717) is 24.6 Å². The molecule has 1 aromatic rings. The van der Waals surface area contributed by atoms with Gasteiger partial charge >= 0.3 is 0 Å². The molecule has 2 rings (SSSR count). The number of rotatable bonds is 3. The van der Waals surface area contributed by atoms with Crippen LogP contribution < -0.4 is 16.4 Å². The maximum atomic E-state index is 12.4. The second kappa shape index (κ2) is 5.83. The van der Waals surface area contributed by atoms with Gasteiger partial charge in [0.1, 0.15) is 0 Å². The van der Waals surface area contributed by atoms with Gasteiger partial charge in [0.25, 0.3) is 0 Å². The number of anilines is 2. The van der Waals surface area contributed by atoms with Crippen LogP contribution in [0, 0.1) is 12.3 Å². The normalized spacial score (nSPS) is 24.7. The highest BCUT2D eigenvalue weighted by Crippen LogP contribution is 2.29. The van der Waals surface area contributed by atoms with E-state index in [2.05, 4.69) is 10.6 Å². The van der Waals surface area contributed by atoms with Gasteiger partial charge in [0.15, 0.2) is 0 Å². The molecule has 0 aliphatic carbocycles. The van der Waals surface area contributed by atoms with Crippen LogP contribution in [-0.2, 0) is 14.3 Å². The van der Waals surface area contributed by atoms with Gasteiger partial charge in [0.2, 0.25) is 11.8 Å². The van der Waals surface area contributed by atoms with Crippen molar-refractivity contribution in [3.63, 3.8) is 0 Å². The summed E-state index contributed by atoms with van der Waals surface area (Å²) in [6, 6.07) is 5.05. The zero-order valence-corrected chi connectivity index (χ0v) is 12.5. The topological polar surface area (TPSA) is 93.5 Å². The van der Waals surface area contributed by atoms with E-state index in [4.69, 9.17) is 10.5 Å². The standard InChI is InChI=1S/C15H21N3O3/c1-9-4-5-11(6-12(9)17-10(2)19)18-14(20)15(3)8-21-7-13(15)16/h4-6,13H,7-8,16H2,1-3H3,(H,17,19)(H,18,20). The molecule has 0 saturated carbocycles. The summed E-state index contributed by atoms with van der Waals surface area (Å²) in [5.74, 6) is -0.329. The third-order valence-corrected chi connectivity index (χ3v) is 3.84. The fourth-order valence-corrected chi connectivity index (χ4v) is 2.22. The Morgan fingerprint density at radius 2 is 2.10 bits per heavy atom. The molecule has 1 saturated heterocycles. The van der Waals surface area contributed by atoms with Crippen molar-refractivity contribution in [2.24, 2.45) is 11.1 Å². The first-order valence-electron chi connectivity index (χ1n) is 6.86. The molecule has 4 N–H and O–H groups in total. The van der Waals surface area contributed by atoms with Gasteiger partial charge in [0, 0.05) is 24.3 Å². The number of aryl methyl sites for hydroxylation is 1. The lowest BCUT2D eigenvalue weighted by Gasteiger charge is -2.25. The van der Waals surface area contributed by atoms with Crippen molar-refractivity contribution in [2.45, 2.75) is 26.8 Å². The quantitative estimate of drug-likeness (QED) is 0.781. The van der Waals surface area contributed by atoms with Gasteiger partial charge in [-0.2, -0.15) is 0 Å². The molecule has 1 aliphatic heterocycles. The van der Waals surface area contributed by atoms with Gasteiger partial charge in [-0.1, -0.05) is 6.07 Å². The fourth-order valence-electron chi connectivity index (χ4n) is 2.22. The van der Waals surface area contributed by atoms with Crippen molar-refractivity contribution >= 4 is 23.2 Å². The number of amides is 2. The number of nitrogens with two attached hydrogens (primary N) is 1. The number of hydrogen-bond acceptors (Lipinski definition) is 4. The lowest BCUT2D eigenvalue weighted by Crippen LogP contribution is -2.47. The smallest absolute Gasteiger partial charge is 0.234 e. The predicted octanol–water partition coefficient (Wildman–Crippen LogP) is 1.26. The van der Waals surface area contributed by atoms with Crippen molar-refractivity contribution in [3.05, 3.63) is 23.8 Å². The molecule has 1 aromatic carbocycles. The Balaban J connectivity index is 2.16. The van der Waals surface area contributed by atoms with E-state index in [9.17, 15) is 9.59 Å². The Hall–Kier alpha value is -1.92. The van der Waals surface area contributed by atoms with Crippen molar-refractivity contribution in [3.8, 4) is 0 Å². The van der Waals surface area contributed by atoms with Crippen LogP contribution in [0.3, 0.4) is 0 Å². The molecule has 6 heteroatoms. The van der Waals surface area contributed by atoms with Crippen molar-refractivity contribution in [2.75, 3.05) is 23.8 Å². The minimum atomic E-state index is -0.737. The summed E-state index contributed by atoms with van der Waals surface area (Å²) in [6.07, 6.45) is 0. The Morgan fingerprint density at radius 1 is 1.38 bits per heavy atom. The summed E-state index contributed by atoms with van der Waals surface area (Å²) in [5.41, 5.74) is 7.43. The van der Waals surface area contributed by atoms with Gasteiger partial charge in [-0.15, -0.1) is 0 Å². The lowest BCUT2D eigenvalue weighted by atomic mass is 9.85. The molecule has 2 amide bonds. The van der Waals surface area contributed by atoms with Crippen LogP contribution in [0.2, 0.25) is 0 Å². The van der Waals surface area contributed by atoms with Crippen molar-refractivity contribution < 1.29 is 14.3 Å². The van der Waals surface area contributed by atoms with E-state index >= 15 is 0 Å². The fraction of sp³-hybridized carbons (Fsp3) is 0.467. The van der Waals surface area contributed by atoms with Crippen LogP contribution in [-0.4, -0.2) is 31.1 Å². The third-order valence-electron chi connectivity index (χ3n) is 3.84. The summed E-state index contributed by atoms with van der Waals surface area (Å²) >= 11 is 0. The highest BCUT2D eigenvalue weighted by Gasteiger charge is 2.44. The number of ether oxygens (including phenoxy) is 1. The maximum Gasteiger partial charge on any atom is 0.234 e. The molecule has 1 heterocycles. The molecule has 1 aliphatic rings. The molecular weight excluding hydrogens is 270 g/mol. The van der Waals surface area contributed by atoms with Crippen LogP contribution in [0.25, 0.3) is 0 Å². The molecule has 0 radical (unpaired) electrons. The molecule has 0 bridgehead atoms. The van der Waals surface area contributed by atoms with E-state index in [1.807, 2.05) is 13.0 Å². The minimum absolute atomic E-state index is 0.153. The highest BCUT2D eigenvalue weighted by molar-refractivity contribution is 5.97. The SMILES string of the molecule is CC(=O)Nc1cc(NC(=O)C2(C)COCC2N)ccc1C. The van der Waals surface area contributed by atoms with Crippen LogP contribution in [0.5, 0.6) is 0 Å². The van der Waals surface area contributed by atoms with Gasteiger partial charge < -0.3 is 21.1 Å². The van der Waals surface area contributed by atoms with E-state index in [0.717, 1.165) is 5.56 Å². The average molecular weight is 291 g/mol. The maximum absolute atomic E-state index is 12.4. The second-order valence-electron chi connectivity index (χ2n) is 5.70. The summed E-state index contributed by atoms with van der Waals surface area (Å²) in [6.45, 7) is 5.82. The number of benzene rings is 1. The third kappa shape index (κ3) is 3.22. The minimum Gasteiger partial charge on any atom is -0.379 e. The van der Waals surface area contributed by atoms with E-state index in [1.165, 1.54) is 6.92 Å². The summed E-state index contributed by atoms with van der Waals surface area (Å²) < 4.78 is 5.28. The monoisotopic (exact) mass is 291 g/mol. The van der Waals surface area contributed by atoms with Crippen molar-refractivity contribution in [1.82, 2.24) is 0 Å². The van der Waals surface area contributed by atoms with Crippen LogP contribution in [0.15, 0.2) is 18.2 Å². The van der Waals surface area contributed by atoms with Gasteiger partial charge in [-0.05, 0) is 31.5 Å². The molecule has 0 spiro atoms. The second-order valence-corrected chi connectivity index (χ2v) is 5.70. The van der Waals surface area contributed by atoms with E-state index < -0.39 is 5.41 Å². The lowest BCUT2D eigenvalue weighted by molar-refractivity contribution is -0.125. The molecule has 6 nitrogen and oxygen atoms in total. The van der Waals surface area contributed by atoms with Crippen LogP contribution in [0.1, 0.15) is 19.4 Å². The molecule has 2 atom stereocenters. The first-order valence-corrected chi connectivity index (χ1v) is 6.86. The van der Waals surface area contributed by atoms with Gasteiger partial charge in [-0.3, -0.25) is 9.59 Å². The van der Waals surface area contributed by atoms with Gasteiger partial charge in [-0.25, -0.2) is 0 Å². The zero-order valence-electron chi connectivity index (χ0n) is 12.5. The Labute approximate surface area is 124 Å². The van der Waals surface area contributed by atoms with Crippen LogP contribution in [0.4, 0.5) is 11.4 Å². The molecule has 2 unspecified atom stereocenters. The first-order chi connectivity index (χ1) is 9.83. The highest BCUT2D eigenvalue weighted by atomic mass is 16.5. The zero-order chi connectivity index (χ0) is 15.6. The van der Waals surface area contributed by atoms with E-state index in [1.54, 1.807) is 19.1 Å². The summed E-state index contributed by atoms with van der Waals surface area (Å²) in [5, 5.41) is 5.58. The number of nitrogens with one attached hydrogen (secondary N) is 2. The van der Waals surface area contributed by atoms with Gasteiger partial charge in [0.05, 0.1) is 18.6 Å². The number of carbonyl (C=O) groups is 2. The van der Waals surface area contributed by atoms with E-state index in [-0.39, 0.29) is 17.9 Å². The van der Waals surface area contributed by atoms with Crippen molar-refractivity contribution in [1.29, 1.82) is 0 Å². The molecule has 1 fully saturated rings. The predicted molar refractivity (Wildman–Crippen MR) is 81.0 cm³/mol. The van der Waals surface area contributed by atoms with Crippen LogP contribution >= 0.6 is 0 Å². The number of hydrogen-bond donors (Lipinski definition) is 3. The summed E-state index contributed by atoms with van der Waals surface area (Å²) in [7, 11) is 0. The Morgan fingerprint density at radius 3 is 2.67 bits per heavy atom. The number of carbonyl (C=O) groups excluding carboxylic acids is 2. The largest absolute Gasteiger partial charge is 0.379 e. The Kier molecular flexibility index (Phi) is 4.29.